The van der Waals surface area contributed by atoms with Crippen LogP contribution in [0.25, 0.3) is 0 Å². The SMILES string of the molecule is Cc1csc(CN=C(N)N2CCN(c3ccc(Cl)cc3)CC2)n1.I. The third-order valence-electron chi connectivity index (χ3n) is 3.84. The number of aliphatic imine (C=N–C) groups is 1. The Morgan fingerprint density at radius 3 is 2.50 bits per heavy atom. The largest absolute Gasteiger partial charge is 0.370 e. The lowest BCUT2D eigenvalue weighted by molar-refractivity contribution is 0.380. The third-order valence-corrected chi connectivity index (χ3v) is 5.04. The van der Waals surface area contributed by atoms with Crippen LogP contribution in [0.1, 0.15) is 10.7 Å². The first-order valence-electron chi connectivity index (χ1n) is 7.58. The van der Waals surface area contributed by atoms with Gasteiger partial charge in [-0.2, -0.15) is 0 Å². The second-order valence-corrected chi connectivity index (χ2v) is 6.89. The van der Waals surface area contributed by atoms with Gasteiger partial charge in [0.15, 0.2) is 5.96 Å². The van der Waals surface area contributed by atoms with Gasteiger partial charge < -0.3 is 15.5 Å². The van der Waals surface area contributed by atoms with E-state index in [1.54, 1.807) is 11.3 Å². The van der Waals surface area contributed by atoms with Crippen molar-refractivity contribution in [1.82, 2.24) is 9.88 Å². The Bertz CT molecular complexity index is 680. The molecule has 3 rings (SSSR count). The number of hydrogen-bond donors (Lipinski definition) is 1. The first-order chi connectivity index (χ1) is 11.1. The summed E-state index contributed by atoms with van der Waals surface area (Å²) in [5.41, 5.74) is 8.36. The molecule has 24 heavy (non-hydrogen) atoms. The van der Waals surface area contributed by atoms with Gasteiger partial charge in [-0.1, -0.05) is 11.6 Å². The standard InChI is InChI=1S/C16H20ClN5S.HI/c1-12-11-23-15(20-12)10-19-16(18)22-8-6-21(7-9-22)14-4-2-13(17)3-5-14;/h2-5,11H,6-10H2,1H3,(H2,18,19);1H. The lowest BCUT2D eigenvalue weighted by Gasteiger charge is -2.36. The van der Waals surface area contributed by atoms with Crippen molar-refractivity contribution in [2.75, 3.05) is 31.1 Å². The zero-order chi connectivity index (χ0) is 16.2. The number of aryl methyl sites for hydroxylation is 1. The van der Waals surface area contributed by atoms with Crippen molar-refractivity contribution in [1.29, 1.82) is 0 Å². The highest BCUT2D eigenvalue weighted by Crippen LogP contribution is 2.19. The number of nitrogens with zero attached hydrogens (tertiary/aromatic N) is 4. The van der Waals surface area contributed by atoms with Crippen LogP contribution in [0.5, 0.6) is 0 Å². The van der Waals surface area contributed by atoms with E-state index in [2.05, 4.69) is 31.9 Å². The van der Waals surface area contributed by atoms with E-state index in [1.807, 2.05) is 24.4 Å². The molecule has 1 aromatic heterocycles. The minimum atomic E-state index is 0. The molecule has 0 saturated carbocycles. The number of aromatic nitrogens is 1. The predicted octanol–water partition coefficient (Wildman–Crippen LogP) is 3.36. The monoisotopic (exact) mass is 477 g/mol. The summed E-state index contributed by atoms with van der Waals surface area (Å²) >= 11 is 7.56. The lowest BCUT2D eigenvalue weighted by atomic mass is 10.2. The molecule has 0 bridgehead atoms. The van der Waals surface area contributed by atoms with Gasteiger partial charge in [0.1, 0.15) is 5.01 Å². The average Bonchev–Trinajstić information content (AvgIpc) is 2.99. The van der Waals surface area contributed by atoms with Gasteiger partial charge in [-0.05, 0) is 31.2 Å². The first kappa shape index (κ1) is 19.3. The fraction of sp³-hybridized carbons (Fsp3) is 0.375. The summed E-state index contributed by atoms with van der Waals surface area (Å²) in [5.74, 6) is 0.605. The number of anilines is 1. The Labute approximate surface area is 168 Å². The zero-order valence-corrected chi connectivity index (χ0v) is 17.4. The summed E-state index contributed by atoms with van der Waals surface area (Å²) in [6.45, 7) is 6.14. The molecule has 2 heterocycles. The highest BCUT2D eigenvalue weighted by Gasteiger charge is 2.18. The summed E-state index contributed by atoms with van der Waals surface area (Å²) < 4.78 is 0. The van der Waals surface area contributed by atoms with Gasteiger partial charge in [0.05, 0.1) is 6.54 Å². The number of guanidine groups is 1. The van der Waals surface area contributed by atoms with E-state index < -0.39 is 0 Å². The molecule has 0 aliphatic carbocycles. The van der Waals surface area contributed by atoms with E-state index in [-0.39, 0.29) is 24.0 Å². The fourth-order valence-corrected chi connectivity index (χ4v) is 3.39. The van der Waals surface area contributed by atoms with Crippen molar-refractivity contribution in [3.63, 3.8) is 0 Å². The highest BCUT2D eigenvalue weighted by molar-refractivity contribution is 14.0. The maximum Gasteiger partial charge on any atom is 0.191 e. The average molecular weight is 478 g/mol. The first-order valence-corrected chi connectivity index (χ1v) is 8.84. The number of rotatable bonds is 3. The van der Waals surface area contributed by atoms with Crippen molar-refractivity contribution in [3.05, 3.63) is 45.4 Å². The smallest absolute Gasteiger partial charge is 0.191 e. The summed E-state index contributed by atoms with van der Waals surface area (Å²) in [4.78, 5) is 13.3. The van der Waals surface area contributed by atoms with E-state index in [0.717, 1.165) is 41.9 Å². The van der Waals surface area contributed by atoms with Crippen LogP contribution in [0.3, 0.4) is 0 Å². The molecule has 130 valence electrons. The van der Waals surface area contributed by atoms with Crippen LogP contribution >= 0.6 is 46.9 Å². The maximum atomic E-state index is 6.12. The van der Waals surface area contributed by atoms with Crippen molar-refractivity contribution < 1.29 is 0 Å². The Morgan fingerprint density at radius 2 is 1.92 bits per heavy atom. The molecule has 0 atom stereocenters. The predicted molar refractivity (Wildman–Crippen MR) is 113 cm³/mol. The molecule has 1 aliphatic heterocycles. The molecule has 2 N–H and O–H groups in total. The van der Waals surface area contributed by atoms with Crippen molar-refractivity contribution in [3.8, 4) is 0 Å². The van der Waals surface area contributed by atoms with Crippen LogP contribution in [0.2, 0.25) is 5.02 Å². The van der Waals surface area contributed by atoms with E-state index in [9.17, 15) is 0 Å². The zero-order valence-electron chi connectivity index (χ0n) is 13.5. The summed E-state index contributed by atoms with van der Waals surface area (Å²) in [5, 5.41) is 3.80. The van der Waals surface area contributed by atoms with Crippen LogP contribution in [0, 0.1) is 6.92 Å². The van der Waals surface area contributed by atoms with Gasteiger partial charge in [-0.3, -0.25) is 0 Å². The molecule has 0 radical (unpaired) electrons. The van der Waals surface area contributed by atoms with Gasteiger partial charge in [0, 0.05) is 48.0 Å². The molecule has 2 aromatic rings. The second-order valence-electron chi connectivity index (χ2n) is 5.51. The van der Waals surface area contributed by atoms with E-state index in [0.29, 0.717) is 12.5 Å². The number of piperazine rings is 1. The second kappa shape index (κ2) is 8.87. The van der Waals surface area contributed by atoms with Gasteiger partial charge in [-0.25, -0.2) is 9.98 Å². The van der Waals surface area contributed by atoms with Gasteiger partial charge >= 0.3 is 0 Å². The summed E-state index contributed by atoms with van der Waals surface area (Å²) in [6, 6.07) is 7.96. The van der Waals surface area contributed by atoms with Crippen molar-refractivity contribution >= 4 is 58.6 Å². The highest BCUT2D eigenvalue weighted by atomic mass is 127. The molecule has 5 nitrogen and oxygen atoms in total. The quantitative estimate of drug-likeness (QED) is 0.418. The third kappa shape index (κ3) is 4.97. The van der Waals surface area contributed by atoms with Crippen LogP contribution in [0.4, 0.5) is 5.69 Å². The van der Waals surface area contributed by atoms with Crippen LogP contribution in [-0.4, -0.2) is 42.0 Å². The number of benzene rings is 1. The number of halogens is 2. The summed E-state index contributed by atoms with van der Waals surface area (Å²) in [6.07, 6.45) is 0. The molecule has 8 heteroatoms. The molecular weight excluding hydrogens is 457 g/mol. The molecule has 1 aliphatic rings. The molecular formula is C16H21ClIN5S. The van der Waals surface area contributed by atoms with E-state index in [1.165, 1.54) is 5.69 Å². The van der Waals surface area contributed by atoms with Gasteiger partial charge in [-0.15, -0.1) is 35.3 Å². The Morgan fingerprint density at radius 1 is 1.25 bits per heavy atom. The molecule has 1 saturated heterocycles. The topological polar surface area (TPSA) is 57.8 Å². The Hall–Kier alpha value is -1.06. The summed E-state index contributed by atoms with van der Waals surface area (Å²) in [7, 11) is 0. The maximum absolute atomic E-state index is 6.12. The number of nitrogens with two attached hydrogens (primary N) is 1. The fourth-order valence-electron chi connectivity index (χ4n) is 2.57. The minimum Gasteiger partial charge on any atom is -0.370 e. The molecule has 0 unspecified atom stereocenters. The molecule has 1 fully saturated rings. The Kier molecular flexibility index (Phi) is 7.12. The van der Waals surface area contributed by atoms with Crippen molar-refractivity contribution in [2.24, 2.45) is 10.7 Å². The number of thiazole rings is 1. The van der Waals surface area contributed by atoms with E-state index >= 15 is 0 Å². The molecule has 0 amide bonds. The molecule has 1 aromatic carbocycles. The van der Waals surface area contributed by atoms with Crippen LogP contribution in [-0.2, 0) is 6.54 Å². The van der Waals surface area contributed by atoms with Gasteiger partial charge in [0.2, 0.25) is 0 Å². The van der Waals surface area contributed by atoms with Crippen molar-refractivity contribution in [2.45, 2.75) is 13.5 Å². The van der Waals surface area contributed by atoms with E-state index in [4.69, 9.17) is 17.3 Å². The number of hydrogen-bond acceptors (Lipinski definition) is 4. The minimum absolute atomic E-state index is 0. The Balaban J connectivity index is 0.00000208. The van der Waals surface area contributed by atoms with Crippen LogP contribution < -0.4 is 10.6 Å². The lowest BCUT2D eigenvalue weighted by Crippen LogP contribution is -2.51. The van der Waals surface area contributed by atoms with Crippen LogP contribution in [0.15, 0.2) is 34.6 Å². The molecule has 0 spiro atoms. The normalized spacial score (nSPS) is 15.3. The van der Waals surface area contributed by atoms with Gasteiger partial charge in [0.25, 0.3) is 0 Å².